The van der Waals surface area contributed by atoms with E-state index < -0.39 is 23.4 Å². The molecular formula is C35H35N4O6-. The maximum Gasteiger partial charge on any atom is 0.338 e. The average molecular weight is 608 g/mol. The first kappa shape index (κ1) is 29.0. The topological polar surface area (TPSA) is 155 Å². The SMILES string of the molecule is C=CC1=C(C)C2=NC13OC3c1[nH]c(c(CC)c1C)C=c1[nH]c3c(c1C)C([O-])=C(C(=O)OC)C=3C1=NC(=C2)[C@@H](C)[C@@H]1CCC(=O)O. The zero-order valence-corrected chi connectivity index (χ0v) is 26.2. The molecule has 5 aliphatic rings. The van der Waals surface area contributed by atoms with Crippen molar-refractivity contribution in [3.05, 3.63) is 85.5 Å². The van der Waals surface area contributed by atoms with Gasteiger partial charge in [-0.1, -0.05) is 32.3 Å². The lowest BCUT2D eigenvalue weighted by atomic mass is 9.82. The van der Waals surface area contributed by atoms with Crippen LogP contribution in [0.3, 0.4) is 0 Å². The number of hydrogen-bond donors (Lipinski definition) is 3. The molecule has 10 nitrogen and oxygen atoms in total. The Morgan fingerprint density at radius 3 is 2.64 bits per heavy atom. The van der Waals surface area contributed by atoms with E-state index in [4.69, 9.17) is 19.5 Å². The number of nitrogens with zero attached hydrogens (tertiary/aromatic N) is 2. The summed E-state index contributed by atoms with van der Waals surface area (Å²) < 4.78 is 11.5. The number of aromatic nitrogens is 2. The number of nitrogens with one attached hydrogen (secondary N) is 2. The van der Waals surface area contributed by atoms with Crippen molar-refractivity contribution in [2.24, 2.45) is 21.8 Å². The maximum atomic E-state index is 14.0. The smallest absolute Gasteiger partial charge is 0.338 e. The van der Waals surface area contributed by atoms with Crippen molar-refractivity contribution in [3.8, 4) is 0 Å². The van der Waals surface area contributed by atoms with Crippen LogP contribution in [0.5, 0.6) is 0 Å². The predicted octanol–water partition coefficient (Wildman–Crippen LogP) is 2.95. The number of methoxy groups -OCH3 is 1. The van der Waals surface area contributed by atoms with E-state index in [1.165, 1.54) is 7.11 Å². The van der Waals surface area contributed by atoms with E-state index in [2.05, 4.69) is 30.4 Å². The Kier molecular flexibility index (Phi) is 6.39. The van der Waals surface area contributed by atoms with Gasteiger partial charge >= 0.3 is 11.9 Å². The minimum absolute atomic E-state index is 0.0919. The number of aliphatic imine (C=N–C) groups is 2. The van der Waals surface area contributed by atoms with Gasteiger partial charge in [-0.15, -0.1) is 0 Å². The van der Waals surface area contributed by atoms with E-state index in [0.29, 0.717) is 39.2 Å². The molecular weight excluding hydrogens is 572 g/mol. The van der Waals surface area contributed by atoms with Crippen LogP contribution in [0.1, 0.15) is 73.4 Å². The van der Waals surface area contributed by atoms with Crippen LogP contribution in [0.4, 0.5) is 0 Å². The summed E-state index contributed by atoms with van der Waals surface area (Å²) in [6, 6.07) is 0. The van der Waals surface area contributed by atoms with Crippen molar-refractivity contribution in [1.82, 2.24) is 9.97 Å². The fraction of sp³-hybridized carbons (Fsp3) is 0.371. The van der Waals surface area contributed by atoms with Crippen LogP contribution in [0, 0.1) is 25.7 Å². The molecule has 45 heavy (non-hydrogen) atoms. The van der Waals surface area contributed by atoms with Crippen LogP contribution in [-0.2, 0) is 25.5 Å². The van der Waals surface area contributed by atoms with Crippen molar-refractivity contribution in [3.63, 3.8) is 0 Å². The third kappa shape index (κ3) is 3.91. The van der Waals surface area contributed by atoms with Crippen molar-refractivity contribution in [2.45, 2.75) is 65.7 Å². The third-order valence-electron chi connectivity index (χ3n) is 10.1. The molecule has 1 aliphatic carbocycles. The van der Waals surface area contributed by atoms with Gasteiger partial charge in [0.05, 0.1) is 35.1 Å². The second-order valence-electron chi connectivity index (χ2n) is 12.4. The quantitative estimate of drug-likeness (QED) is 0.339. The highest BCUT2D eigenvalue weighted by atomic mass is 16.6. The summed E-state index contributed by atoms with van der Waals surface area (Å²) in [5.74, 6) is -2.73. The molecule has 8 bridgehead atoms. The minimum atomic E-state index is -0.934. The summed E-state index contributed by atoms with van der Waals surface area (Å²) in [5, 5.41) is 24.8. The Bertz CT molecular complexity index is 2050. The summed E-state index contributed by atoms with van der Waals surface area (Å²) in [6.07, 6.45) is 6.34. The molecule has 3 N–H and O–H groups in total. The Labute approximate surface area is 260 Å². The Hall–Kier alpha value is -4.70. The fourth-order valence-electron chi connectivity index (χ4n) is 7.65. The van der Waals surface area contributed by atoms with Gasteiger partial charge in [0.25, 0.3) is 0 Å². The van der Waals surface area contributed by atoms with Crippen molar-refractivity contribution in [2.75, 3.05) is 7.11 Å². The molecule has 0 saturated carbocycles. The number of fused-ring (bicyclic) bond motifs is 6. The second kappa shape index (κ2) is 9.90. The van der Waals surface area contributed by atoms with E-state index in [9.17, 15) is 19.8 Å². The number of allylic oxidation sites excluding steroid dienone is 3. The van der Waals surface area contributed by atoms with Gasteiger partial charge in [0.2, 0.25) is 5.72 Å². The van der Waals surface area contributed by atoms with Crippen LogP contribution < -0.4 is 15.8 Å². The fourth-order valence-corrected chi connectivity index (χ4v) is 7.65. The van der Waals surface area contributed by atoms with E-state index in [1.54, 1.807) is 6.08 Å². The standard InChI is InChI=1S/C35H36N4O6/c1-8-18-15(4)29-33-35(45-33)20(9-2)16(5)23(39-35)12-21-14(3)19(10-11-25(40)41)30(36-21)27-28(34(43)44-7)32(42)26-17(6)22(37-31(26)27)13-24(18)38-29/h9,12-14,19,33,37-38,42H,2,8,10-11H2,1,3-7H3,(H,40,41)/p-1/t14-,19-,33?,35?/m0/s1. The number of H-pyrrole nitrogens is 2. The largest absolute Gasteiger partial charge is 0.871 e. The number of hydrogen-bond acceptors (Lipinski definition) is 7. The lowest BCUT2D eigenvalue weighted by molar-refractivity contribution is -0.244. The zero-order valence-electron chi connectivity index (χ0n) is 26.2. The first-order valence-electron chi connectivity index (χ1n) is 15.3. The molecule has 2 aromatic heterocycles. The highest BCUT2D eigenvalue weighted by Crippen LogP contribution is 2.59. The zero-order chi connectivity index (χ0) is 32.1. The highest BCUT2D eigenvalue weighted by molar-refractivity contribution is 6.35. The predicted molar refractivity (Wildman–Crippen MR) is 168 cm³/mol. The highest BCUT2D eigenvalue weighted by Gasteiger charge is 2.63. The summed E-state index contributed by atoms with van der Waals surface area (Å²) in [6.45, 7) is 14.1. The Morgan fingerprint density at radius 1 is 1.22 bits per heavy atom. The summed E-state index contributed by atoms with van der Waals surface area (Å²) in [5.41, 5.74) is 8.25. The molecule has 2 aromatic rings. The molecule has 6 heterocycles. The number of ether oxygens (including phenoxy) is 2. The van der Waals surface area contributed by atoms with Crippen LogP contribution in [-0.4, -0.2) is 51.3 Å². The lowest BCUT2D eigenvalue weighted by Gasteiger charge is -2.20. The first-order valence-corrected chi connectivity index (χ1v) is 15.3. The third-order valence-corrected chi connectivity index (χ3v) is 10.1. The van der Waals surface area contributed by atoms with Crippen LogP contribution in [0.2, 0.25) is 0 Å². The van der Waals surface area contributed by atoms with Gasteiger partial charge in [0.15, 0.2) is 6.10 Å². The molecule has 1 fully saturated rings. The first-order chi connectivity index (χ1) is 21.5. The molecule has 0 aromatic carbocycles. The van der Waals surface area contributed by atoms with E-state index in [0.717, 1.165) is 45.4 Å². The molecule has 1 spiro atoms. The van der Waals surface area contributed by atoms with Gasteiger partial charge in [-0.3, -0.25) is 9.79 Å². The average Bonchev–Trinajstić information content (AvgIpc) is 3.24. The Balaban J connectivity index is 1.58. The van der Waals surface area contributed by atoms with Gasteiger partial charge in [-0.25, -0.2) is 9.79 Å². The molecule has 232 valence electrons. The summed E-state index contributed by atoms with van der Waals surface area (Å²) in [7, 11) is 1.24. The van der Waals surface area contributed by atoms with Crippen LogP contribution in [0.15, 0.2) is 51.1 Å². The molecule has 4 atom stereocenters. The van der Waals surface area contributed by atoms with Crippen LogP contribution in [0.25, 0.3) is 17.4 Å². The molecule has 1 saturated heterocycles. The molecule has 7 rings (SSSR count). The Morgan fingerprint density at radius 2 is 1.98 bits per heavy atom. The number of aliphatic carboxylic acids is 1. The monoisotopic (exact) mass is 607 g/mol. The minimum Gasteiger partial charge on any atom is -0.871 e. The van der Waals surface area contributed by atoms with Crippen molar-refractivity contribution in [1.29, 1.82) is 0 Å². The van der Waals surface area contributed by atoms with Gasteiger partial charge < -0.3 is 29.7 Å². The second-order valence-corrected chi connectivity index (χ2v) is 12.4. The lowest BCUT2D eigenvalue weighted by Crippen LogP contribution is -2.26. The normalized spacial score (nSPS) is 26.0. The number of carbonyl (C=O) groups excluding carboxylic acids is 1. The van der Waals surface area contributed by atoms with Crippen molar-refractivity contribution < 1.29 is 29.3 Å². The molecule has 10 heteroatoms. The molecule has 2 unspecified atom stereocenters. The van der Waals surface area contributed by atoms with Gasteiger partial charge in [-0.2, -0.15) is 0 Å². The van der Waals surface area contributed by atoms with Gasteiger partial charge in [0.1, 0.15) is 0 Å². The van der Waals surface area contributed by atoms with E-state index in [-0.39, 0.29) is 36.4 Å². The van der Waals surface area contributed by atoms with Crippen molar-refractivity contribution >= 4 is 40.8 Å². The number of epoxide rings is 1. The number of esters is 1. The number of carboxylic acids is 1. The maximum absolute atomic E-state index is 14.0. The number of aromatic amines is 2. The summed E-state index contributed by atoms with van der Waals surface area (Å²) >= 11 is 0. The number of rotatable bonds is 6. The molecule has 4 aliphatic heterocycles. The molecule has 0 radical (unpaired) electrons. The number of carbonyl (C=O) groups is 2. The van der Waals surface area contributed by atoms with E-state index >= 15 is 0 Å². The van der Waals surface area contributed by atoms with Gasteiger partial charge in [0, 0.05) is 46.1 Å². The van der Waals surface area contributed by atoms with E-state index in [1.807, 2.05) is 32.9 Å². The molecule has 0 amide bonds. The summed E-state index contributed by atoms with van der Waals surface area (Å²) in [4.78, 5) is 42.2. The number of carboxylic acid groups (broad SMARTS) is 1. The van der Waals surface area contributed by atoms with Crippen LogP contribution >= 0.6 is 0 Å². The van der Waals surface area contributed by atoms with Gasteiger partial charge in [-0.05, 0) is 73.6 Å².